The van der Waals surface area contributed by atoms with Gasteiger partial charge in [0.2, 0.25) is 0 Å². The molecule has 0 aromatic carbocycles. The molecule has 3 nitrogen and oxygen atoms in total. The molecule has 0 aromatic rings. The predicted molar refractivity (Wildman–Crippen MR) is 53.8 cm³/mol. The molecule has 1 fully saturated rings. The minimum atomic E-state index is -0.579. The molecule has 0 saturated carbocycles. The molecule has 0 amide bonds. The van der Waals surface area contributed by atoms with Crippen LogP contribution in [0.25, 0.3) is 0 Å². The monoisotopic (exact) mass is 195 g/mol. The van der Waals surface area contributed by atoms with Crippen LogP contribution in [0.15, 0.2) is 11.8 Å². The number of likely N-dealkylation sites (tertiary alicyclic amines) is 1. The van der Waals surface area contributed by atoms with E-state index in [0.29, 0.717) is 13.0 Å². The molecule has 0 spiro atoms. The molecule has 1 aliphatic heterocycles. The number of β-amino-alcohol motifs (C(OH)–C–C–N with tert-alkyl or cyclic N) is 1. The molecule has 78 valence electrons. The second-order valence-electron chi connectivity index (χ2n) is 4.62. The van der Waals surface area contributed by atoms with Gasteiger partial charge in [-0.1, -0.05) is 0 Å². The molecule has 14 heavy (non-hydrogen) atoms. The van der Waals surface area contributed by atoms with E-state index in [1.165, 1.54) is 0 Å². The van der Waals surface area contributed by atoms with Crippen LogP contribution in [0, 0.1) is 0 Å². The van der Waals surface area contributed by atoms with Crippen molar-refractivity contribution in [2.75, 3.05) is 13.1 Å². The SMILES string of the molecule is CC1(O)CCCN(C2=CC(=O)CC2)C1. The summed E-state index contributed by atoms with van der Waals surface area (Å²) < 4.78 is 0. The van der Waals surface area contributed by atoms with Crippen LogP contribution in [0.1, 0.15) is 32.6 Å². The lowest BCUT2D eigenvalue weighted by Gasteiger charge is -2.38. The van der Waals surface area contributed by atoms with Gasteiger partial charge in [-0.15, -0.1) is 0 Å². The molecule has 1 atom stereocenters. The summed E-state index contributed by atoms with van der Waals surface area (Å²) in [4.78, 5) is 13.3. The fourth-order valence-corrected chi connectivity index (χ4v) is 2.30. The average molecular weight is 195 g/mol. The third-order valence-electron chi connectivity index (χ3n) is 3.04. The van der Waals surface area contributed by atoms with Crippen molar-refractivity contribution in [2.24, 2.45) is 0 Å². The van der Waals surface area contributed by atoms with Crippen LogP contribution in [0.2, 0.25) is 0 Å². The number of aliphatic hydroxyl groups is 1. The lowest BCUT2D eigenvalue weighted by Crippen LogP contribution is -2.45. The zero-order chi connectivity index (χ0) is 10.2. The van der Waals surface area contributed by atoms with E-state index in [1.54, 1.807) is 6.08 Å². The fraction of sp³-hybridized carbons (Fsp3) is 0.727. The van der Waals surface area contributed by atoms with E-state index in [4.69, 9.17) is 0 Å². The van der Waals surface area contributed by atoms with Crippen molar-refractivity contribution in [1.82, 2.24) is 4.90 Å². The lowest BCUT2D eigenvalue weighted by atomic mass is 9.95. The maximum absolute atomic E-state index is 11.1. The Labute approximate surface area is 84.4 Å². The van der Waals surface area contributed by atoms with Crippen molar-refractivity contribution in [1.29, 1.82) is 0 Å². The minimum Gasteiger partial charge on any atom is -0.388 e. The molecule has 1 saturated heterocycles. The molecule has 0 aromatic heterocycles. The molecular weight excluding hydrogens is 178 g/mol. The highest BCUT2D eigenvalue weighted by Crippen LogP contribution is 2.27. The van der Waals surface area contributed by atoms with Gasteiger partial charge in [0.05, 0.1) is 5.60 Å². The summed E-state index contributed by atoms with van der Waals surface area (Å²) >= 11 is 0. The van der Waals surface area contributed by atoms with Gasteiger partial charge in [-0.25, -0.2) is 0 Å². The number of carbonyl (C=O) groups excluding carboxylic acids is 1. The molecule has 3 heteroatoms. The van der Waals surface area contributed by atoms with Gasteiger partial charge in [0.25, 0.3) is 0 Å². The molecule has 0 radical (unpaired) electrons. The molecule has 1 heterocycles. The summed E-state index contributed by atoms with van der Waals surface area (Å²) in [6.07, 6.45) is 5.12. The number of hydrogen-bond acceptors (Lipinski definition) is 3. The average Bonchev–Trinajstić information content (AvgIpc) is 2.50. The number of piperidine rings is 1. The molecule has 2 rings (SSSR count). The maximum Gasteiger partial charge on any atom is 0.157 e. The highest BCUT2D eigenvalue weighted by Gasteiger charge is 2.30. The van der Waals surface area contributed by atoms with Crippen LogP contribution in [0.4, 0.5) is 0 Å². The van der Waals surface area contributed by atoms with Crippen LogP contribution in [0.5, 0.6) is 0 Å². The molecule has 1 aliphatic carbocycles. The Balaban J connectivity index is 2.05. The largest absolute Gasteiger partial charge is 0.388 e. The number of rotatable bonds is 1. The van der Waals surface area contributed by atoms with E-state index < -0.39 is 5.60 Å². The Bertz CT molecular complexity index is 281. The van der Waals surface area contributed by atoms with E-state index in [0.717, 1.165) is 31.5 Å². The second kappa shape index (κ2) is 3.39. The smallest absolute Gasteiger partial charge is 0.157 e. The molecular formula is C11H17NO2. The zero-order valence-electron chi connectivity index (χ0n) is 8.62. The van der Waals surface area contributed by atoms with Gasteiger partial charge in [-0.2, -0.15) is 0 Å². The Morgan fingerprint density at radius 1 is 1.50 bits per heavy atom. The third-order valence-corrected chi connectivity index (χ3v) is 3.04. The van der Waals surface area contributed by atoms with Crippen molar-refractivity contribution in [3.05, 3.63) is 11.8 Å². The molecule has 1 unspecified atom stereocenters. The van der Waals surface area contributed by atoms with Crippen LogP contribution >= 0.6 is 0 Å². The lowest BCUT2D eigenvalue weighted by molar-refractivity contribution is -0.114. The Morgan fingerprint density at radius 2 is 2.29 bits per heavy atom. The summed E-state index contributed by atoms with van der Waals surface area (Å²) in [6.45, 7) is 3.53. The van der Waals surface area contributed by atoms with Gasteiger partial charge in [-0.3, -0.25) is 4.79 Å². The summed E-state index contributed by atoms with van der Waals surface area (Å²) in [5.41, 5.74) is 0.542. The standard InChI is InChI=1S/C11H17NO2/c1-11(14)5-2-6-12(8-11)9-3-4-10(13)7-9/h7,14H,2-6,8H2,1H3. The first kappa shape index (κ1) is 9.71. The van der Waals surface area contributed by atoms with Crippen LogP contribution < -0.4 is 0 Å². The summed E-state index contributed by atoms with van der Waals surface area (Å²) in [5, 5.41) is 9.92. The Kier molecular flexibility index (Phi) is 2.35. The number of nitrogens with zero attached hydrogens (tertiary/aromatic N) is 1. The van der Waals surface area contributed by atoms with Crippen LogP contribution in [0.3, 0.4) is 0 Å². The van der Waals surface area contributed by atoms with Gasteiger partial charge in [0.15, 0.2) is 5.78 Å². The van der Waals surface area contributed by atoms with Crippen molar-refractivity contribution in [3.63, 3.8) is 0 Å². The van der Waals surface area contributed by atoms with Gasteiger partial charge in [0, 0.05) is 31.3 Å². The fourth-order valence-electron chi connectivity index (χ4n) is 2.30. The topological polar surface area (TPSA) is 40.5 Å². The normalized spacial score (nSPS) is 33.4. The number of carbonyl (C=O) groups is 1. The van der Waals surface area contributed by atoms with Gasteiger partial charge in [0.1, 0.15) is 0 Å². The number of ketones is 1. The highest BCUT2D eigenvalue weighted by molar-refractivity contribution is 5.92. The second-order valence-corrected chi connectivity index (χ2v) is 4.62. The zero-order valence-corrected chi connectivity index (χ0v) is 8.62. The molecule has 2 aliphatic rings. The van der Waals surface area contributed by atoms with Crippen LogP contribution in [-0.2, 0) is 4.79 Å². The van der Waals surface area contributed by atoms with E-state index >= 15 is 0 Å². The Morgan fingerprint density at radius 3 is 2.86 bits per heavy atom. The van der Waals surface area contributed by atoms with Gasteiger partial charge < -0.3 is 10.0 Å². The van der Waals surface area contributed by atoms with Crippen molar-refractivity contribution < 1.29 is 9.90 Å². The molecule has 0 bridgehead atoms. The first-order valence-corrected chi connectivity index (χ1v) is 5.28. The van der Waals surface area contributed by atoms with Crippen molar-refractivity contribution in [2.45, 2.75) is 38.2 Å². The quantitative estimate of drug-likeness (QED) is 0.680. The summed E-state index contributed by atoms with van der Waals surface area (Å²) in [7, 11) is 0. The van der Waals surface area contributed by atoms with Crippen molar-refractivity contribution >= 4 is 5.78 Å². The van der Waals surface area contributed by atoms with Gasteiger partial charge in [-0.05, 0) is 26.2 Å². The first-order chi connectivity index (χ1) is 6.57. The number of allylic oxidation sites excluding steroid dienone is 2. The molecule has 1 N–H and O–H groups in total. The first-order valence-electron chi connectivity index (χ1n) is 5.28. The maximum atomic E-state index is 11.1. The summed E-state index contributed by atoms with van der Waals surface area (Å²) in [5.74, 6) is 0.227. The highest BCUT2D eigenvalue weighted by atomic mass is 16.3. The summed E-state index contributed by atoms with van der Waals surface area (Å²) in [6, 6.07) is 0. The minimum absolute atomic E-state index is 0.227. The van der Waals surface area contributed by atoms with Crippen LogP contribution in [-0.4, -0.2) is 34.5 Å². The van der Waals surface area contributed by atoms with Gasteiger partial charge >= 0.3 is 0 Å². The number of hydrogen-bond donors (Lipinski definition) is 1. The van der Waals surface area contributed by atoms with E-state index in [-0.39, 0.29) is 5.78 Å². The predicted octanol–water partition coefficient (Wildman–Crippen LogP) is 1.08. The van der Waals surface area contributed by atoms with Crippen molar-refractivity contribution in [3.8, 4) is 0 Å². The Hall–Kier alpha value is -0.830. The van der Waals surface area contributed by atoms with E-state index in [9.17, 15) is 9.90 Å². The third kappa shape index (κ3) is 1.98. The van der Waals surface area contributed by atoms with E-state index in [2.05, 4.69) is 4.90 Å². The van der Waals surface area contributed by atoms with E-state index in [1.807, 2.05) is 6.92 Å².